The van der Waals surface area contributed by atoms with E-state index in [4.69, 9.17) is 16.3 Å². The van der Waals surface area contributed by atoms with Crippen molar-refractivity contribution in [2.75, 3.05) is 6.61 Å². The Bertz CT molecular complexity index is 483. The Morgan fingerprint density at radius 2 is 1.95 bits per heavy atom. The molecule has 4 unspecified atom stereocenters. The van der Waals surface area contributed by atoms with Crippen molar-refractivity contribution in [3.63, 3.8) is 0 Å². The van der Waals surface area contributed by atoms with E-state index in [-0.39, 0.29) is 6.04 Å². The fourth-order valence-electron chi connectivity index (χ4n) is 3.70. The Balaban J connectivity index is 1.89. The summed E-state index contributed by atoms with van der Waals surface area (Å²) in [5, 5.41) is 11.4. The normalized spacial score (nSPS) is 34.4. The second-order valence-electron chi connectivity index (χ2n) is 6.08. The fraction of sp³-hybridized carbons (Fsp3) is 0.625. The number of fused-ring (bicyclic) bond motifs is 1. The summed E-state index contributed by atoms with van der Waals surface area (Å²) in [5.74, 6) is 0.760. The number of likely N-dealkylation sites (tertiary alicyclic amines) is 1. The van der Waals surface area contributed by atoms with Crippen LogP contribution in [0.2, 0.25) is 5.02 Å². The second kappa shape index (κ2) is 5.55. The first-order chi connectivity index (χ1) is 9.58. The van der Waals surface area contributed by atoms with Gasteiger partial charge in [-0.15, -0.1) is 0 Å². The number of hydrogen-bond donors (Lipinski definition) is 1. The highest BCUT2D eigenvalue weighted by Gasteiger charge is 2.39. The number of piperidine rings is 1. The number of benzene rings is 1. The zero-order valence-corrected chi connectivity index (χ0v) is 12.8. The first-order valence-corrected chi connectivity index (χ1v) is 7.83. The van der Waals surface area contributed by atoms with Gasteiger partial charge in [-0.2, -0.15) is 0 Å². The molecule has 3 rings (SSSR count). The Kier molecular flexibility index (Phi) is 3.93. The van der Waals surface area contributed by atoms with E-state index in [1.54, 1.807) is 6.07 Å². The average molecular weight is 296 g/mol. The maximum atomic E-state index is 10.8. The van der Waals surface area contributed by atoms with Crippen LogP contribution in [0.15, 0.2) is 18.2 Å². The quantitative estimate of drug-likeness (QED) is 0.862. The average Bonchev–Trinajstić information content (AvgIpc) is 2.41. The molecule has 1 aromatic carbocycles. The molecule has 3 nitrogen and oxygen atoms in total. The summed E-state index contributed by atoms with van der Waals surface area (Å²) < 4.78 is 5.85. The van der Waals surface area contributed by atoms with Crippen LogP contribution in [0.5, 0.6) is 5.75 Å². The van der Waals surface area contributed by atoms with Gasteiger partial charge >= 0.3 is 0 Å². The van der Waals surface area contributed by atoms with E-state index in [2.05, 4.69) is 18.7 Å². The molecule has 20 heavy (non-hydrogen) atoms. The topological polar surface area (TPSA) is 32.7 Å². The molecule has 2 aliphatic heterocycles. The molecule has 0 bridgehead atoms. The van der Waals surface area contributed by atoms with Gasteiger partial charge in [0.25, 0.3) is 0 Å². The lowest BCUT2D eigenvalue weighted by atomic mass is 9.90. The van der Waals surface area contributed by atoms with Crippen LogP contribution in [0.4, 0.5) is 0 Å². The van der Waals surface area contributed by atoms with Crippen LogP contribution in [0.1, 0.15) is 44.8 Å². The van der Waals surface area contributed by atoms with E-state index in [1.807, 2.05) is 12.1 Å². The Morgan fingerprint density at radius 3 is 2.65 bits per heavy atom. The molecule has 1 saturated heterocycles. The van der Waals surface area contributed by atoms with E-state index in [0.717, 1.165) is 11.3 Å². The molecule has 2 heterocycles. The third-order valence-corrected chi connectivity index (χ3v) is 4.94. The maximum absolute atomic E-state index is 10.8. The molecule has 1 fully saturated rings. The van der Waals surface area contributed by atoms with Crippen molar-refractivity contribution < 1.29 is 9.84 Å². The molecule has 0 spiro atoms. The van der Waals surface area contributed by atoms with Crippen LogP contribution in [0.3, 0.4) is 0 Å². The minimum atomic E-state index is -0.527. The third kappa shape index (κ3) is 2.43. The van der Waals surface area contributed by atoms with Gasteiger partial charge in [0.05, 0.1) is 6.04 Å². The van der Waals surface area contributed by atoms with Gasteiger partial charge in [0, 0.05) is 22.7 Å². The van der Waals surface area contributed by atoms with Gasteiger partial charge in [-0.1, -0.05) is 18.0 Å². The minimum absolute atomic E-state index is 0.0197. The molecule has 0 aromatic heterocycles. The number of aliphatic hydroxyl groups is 1. The summed E-state index contributed by atoms with van der Waals surface area (Å²) in [4.78, 5) is 2.43. The number of rotatable bonds is 1. The number of hydrogen-bond acceptors (Lipinski definition) is 3. The molecule has 4 heteroatoms. The number of ether oxygens (including phenoxy) is 1. The number of halogens is 1. The largest absolute Gasteiger partial charge is 0.491 e. The van der Waals surface area contributed by atoms with Crippen molar-refractivity contribution in [1.29, 1.82) is 0 Å². The van der Waals surface area contributed by atoms with E-state index in [9.17, 15) is 5.11 Å². The van der Waals surface area contributed by atoms with Gasteiger partial charge in [0.15, 0.2) is 0 Å². The van der Waals surface area contributed by atoms with E-state index in [1.165, 1.54) is 19.3 Å². The van der Waals surface area contributed by atoms with Gasteiger partial charge in [0.1, 0.15) is 18.5 Å². The predicted octanol–water partition coefficient (Wildman–Crippen LogP) is 3.40. The molecule has 1 N–H and O–H groups in total. The number of aliphatic hydroxyl groups excluding tert-OH is 1. The van der Waals surface area contributed by atoms with Crippen LogP contribution in [0.25, 0.3) is 0 Å². The minimum Gasteiger partial charge on any atom is -0.491 e. The van der Waals surface area contributed by atoms with Crippen molar-refractivity contribution >= 4 is 11.6 Å². The number of nitrogens with zero attached hydrogens (tertiary/aromatic N) is 1. The fourth-order valence-corrected chi connectivity index (χ4v) is 3.88. The lowest BCUT2D eigenvalue weighted by Gasteiger charge is -2.47. The summed E-state index contributed by atoms with van der Waals surface area (Å²) in [6.07, 6.45) is 3.12. The highest BCUT2D eigenvalue weighted by atomic mass is 35.5. The van der Waals surface area contributed by atoms with Crippen LogP contribution in [-0.4, -0.2) is 34.7 Å². The van der Waals surface area contributed by atoms with Crippen molar-refractivity contribution in [2.45, 2.75) is 57.3 Å². The lowest BCUT2D eigenvalue weighted by Crippen LogP contribution is -2.55. The van der Waals surface area contributed by atoms with Gasteiger partial charge < -0.3 is 9.84 Å². The molecular weight excluding hydrogens is 274 g/mol. The van der Waals surface area contributed by atoms with Gasteiger partial charge in [-0.05, 0) is 44.9 Å². The van der Waals surface area contributed by atoms with Crippen LogP contribution >= 0.6 is 11.6 Å². The zero-order valence-electron chi connectivity index (χ0n) is 12.1. The molecule has 1 aromatic rings. The molecule has 0 aliphatic carbocycles. The smallest absolute Gasteiger partial charge is 0.125 e. The highest BCUT2D eigenvalue weighted by molar-refractivity contribution is 6.30. The summed E-state index contributed by atoms with van der Waals surface area (Å²) in [6.45, 7) is 5.04. The van der Waals surface area contributed by atoms with Crippen molar-refractivity contribution in [1.82, 2.24) is 4.90 Å². The predicted molar refractivity (Wildman–Crippen MR) is 80.3 cm³/mol. The summed E-state index contributed by atoms with van der Waals surface area (Å²) in [7, 11) is 0. The first kappa shape index (κ1) is 14.2. The van der Waals surface area contributed by atoms with E-state index >= 15 is 0 Å². The Labute approximate surface area is 125 Å². The molecule has 0 amide bonds. The summed E-state index contributed by atoms with van der Waals surface area (Å²) in [5.41, 5.74) is 0.818. The van der Waals surface area contributed by atoms with Crippen molar-refractivity contribution in [2.24, 2.45) is 0 Å². The lowest BCUT2D eigenvalue weighted by molar-refractivity contribution is -0.0470. The molecule has 2 aliphatic rings. The molecule has 0 radical (unpaired) electrons. The molecule has 110 valence electrons. The van der Waals surface area contributed by atoms with Gasteiger partial charge in [-0.25, -0.2) is 0 Å². The Morgan fingerprint density at radius 1 is 1.25 bits per heavy atom. The van der Waals surface area contributed by atoms with E-state index < -0.39 is 6.10 Å². The SMILES string of the molecule is CC1CCCC(C)N1C1COc2ccc(Cl)cc2C1O. The Hall–Kier alpha value is -0.770. The van der Waals surface area contributed by atoms with Crippen LogP contribution in [-0.2, 0) is 0 Å². The summed E-state index contributed by atoms with van der Waals surface area (Å²) in [6, 6.07) is 6.48. The summed E-state index contributed by atoms with van der Waals surface area (Å²) >= 11 is 6.05. The van der Waals surface area contributed by atoms with E-state index in [0.29, 0.717) is 23.7 Å². The highest BCUT2D eigenvalue weighted by Crippen LogP contribution is 2.38. The van der Waals surface area contributed by atoms with Crippen molar-refractivity contribution in [3.05, 3.63) is 28.8 Å². The standard InChI is InChI=1S/C16H22ClNO2/c1-10-4-3-5-11(2)18(10)14-9-20-15-7-6-12(17)8-13(15)16(14)19/h6-8,10-11,14,16,19H,3-5,9H2,1-2H3. The van der Waals surface area contributed by atoms with Crippen LogP contribution < -0.4 is 4.74 Å². The maximum Gasteiger partial charge on any atom is 0.125 e. The van der Waals surface area contributed by atoms with Gasteiger partial charge in [0.2, 0.25) is 0 Å². The van der Waals surface area contributed by atoms with Gasteiger partial charge in [-0.3, -0.25) is 4.90 Å². The molecule has 0 saturated carbocycles. The van der Waals surface area contributed by atoms with Crippen molar-refractivity contribution in [3.8, 4) is 5.75 Å². The zero-order chi connectivity index (χ0) is 14.3. The molecule has 4 atom stereocenters. The first-order valence-electron chi connectivity index (χ1n) is 7.45. The van der Waals surface area contributed by atoms with Crippen LogP contribution in [0, 0.1) is 0 Å². The third-order valence-electron chi connectivity index (χ3n) is 4.71. The second-order valence-corrected chi connectivity index (χ2v) is 6.52. The molecular formula is C16H22ClNO2. The monoisotopic (exact) mass is 295 g/mol.